The van der Waals surface area contributed by atoms with Crippen molar-refractivity contribution in [2.75, 3.05) is 7.11 Å². The van der Waals surface area contributed by atoms with Gasteiger partial charge in [0.1, 0.15) is 12.1 Å². The van der Waals surface area contributed by atoms with Crippen molar-refractivity contribution in [3.8, 4) is 0 Å². The Morgan fingerprint density at radius 3 is 2.95 bits per heavy atom. The lowest BCUT2D eigenvalue weighted by Gasteiger charge is -2.07. The molecular weight excluding hydrogens is 269 g/mol. The molecule has 0 spiro atoms. The predicted molar refractivity (Wildman–Crippen MR) is 68.3 cm³/mol. The third-order valence-corrected chi connectivity index (χ3v) is 3.59. The number of hydrogen-bond donors (Lipinski definition) is 0. The Bertz CT molecular complexity index is 600. The summed E-state index contributed by atoms with van der Waals surface area (Å²) in [6.45, 7) is 0. The molecule has 0 radical (unpaired) electrons. The molecular formula is C12H12FN3O2S. The van der Waals surface area contributed by atoms with Crippen LogP contribution < -0.4 is 0 Å². The molecule has 19 heavy (non-hydrogen) atoms. The molecule has 0 amide bonds. The van der Waals surface area contributed by atoms with E-state index in [9.17, 15) is 9.18 Å². The van der Waals surface area contributed by atoms with E-state index in [-0.39, 0.29) is 5.56 Å². The Balaban J connectivity index is 2.20. The van der Waals surface area contributed by atoms with Crippen LogP contribution >= 0.6 is 11.8 Å². The maximum atomic E-state index is 13.2. The number of halogens is 1. The average molecular weight is 281 g/mol. The monoisotopic (exact) mass is 281 g/mol. The summed E-state index contributed by atoms with van der Waals surface area (Å²) >= 11 is 1.41. The van der Waals surface area contributed by atoms with Crippen LogP contribution in [0.5, 0.6) is 0 Å². The zero-order chi connectivity index (χ0) is 13.8. The van der Waals surface area contributed by atoms with E-state index in [1.54, 1.807) is 17.0 Å². The van der Waals surface area contributed by atoms with E-state index < -0.39 is 11.8 Å². The van der Waals surface area contributed by atoms with Crippen molar-refractivity contribution >= 4 is 17.7 Å². The number of thioether (sulfide) groups is 1. The summed E-state index contributed by atoms with van der Waals surface area (Å²) in [6.07, 6.45) is 1.59. The van der Waals surface area contributed by atoms with Crippen LogP contribution in [0.2, 0.25) is 0 Å². The first-order valence-electron chi connectivity index (χ1n) is 5.45. The molecule has 5 nitrogen and oxygen atoms in total. The molecule has 2 rings (SSSR count). The standard InChI is InChI=1S/C12H12FN3O2S/c1-16-7-14-15-12(16)19-6-8-3-4-9(13)5-10(8)11(17)18-2/h3-5,7H,6H2,1-2H3. The molecule has 1 aromatic heterocycles. The van der Waals surface area contributed by atoms with Gasteiger partial charge in [-0.25, -0.2) is 9.18 Å². The summed E-state index contributed by atoms with van der Waals surface area (Å²) in [5.74, 6) is -0.530. The van der Waals surface area contributed by atoms with Crippen molar-refractivity contribution in [3.63, 3.8) is 0 Å². The molecule has 0 aliphatic rings. The van der Waals surface area contributed by atoms with Crippen LogP contribution in [0.3, 0.4) is 0 Å². The van der Waals surface area contributed by atoms with E-state index in [0.717, 1.165) is 5.16 Å². The smallest absolute Gasteiger partial charge is 0.338 e. The highest BCUT2D eigenvalue weighted by Gasteiger charge is 2.14. The number of benzene rings is 1. The minimum absolute atomic E-state index is 0.233. The lowest BCUT2D eigenvalue weighted by Crippen LogP contribution is -2.06. The highest BCUT2D eigenvalue weighted by Crippen LogP contribution is 2.23. The second-order valence-corrected chi connectivity index (χ2v) is 4.75. The molecule has 0 N–H and O–H groups in total. The summed E-state index contributed by atoms with van der Waals surface area (Å²) in [5.41, 5.74) is 0.929. The van der Waals surface area contributed by atoms with Gasteiger partial charge < -0.3 is 9.30 Å². The minimum atomic E-state index is -0.548. The van der Waals surface area contributed by atoms with Crippen LogP contribution in [-0.4, -0.2) is 27.8 Å². The summed E-state index contributed by atoms with van der Waals surface area (Å²) in [6, 6.07) is 4.07. The number of ether oxygens (including phenoxy) is 1. The SMILES string of the molecule is COC(=O)c1cc(F)ccc1CSc1nncn1C. The number of carbonyl (C=O) groups excluding carboxylic acids is 1. The predicted octanol–water partition coefficient (Wildman–Crippen LogP) is 2.03. The normalized spacial score (nSPS) is 10.5. The number of aromatic nitrogens is 3. The van der Waals surface area contributed by atoms with Crippen LogP contribution in [0.4, 0.5) is 4.39 Å². The van der Waals surface area contributed by atoms with E-state index in [1.807, 2.05) is 7.05 Å². The number of hydrogen-bond acceptors (Lipinski definition) is 5. The highest BCUT2D eigenvalue weighted by atomic mass is 32.2. The molecule has 0 aliphatic carbocycles. The van der Waals surface area contributed by atoms with E-state index in [1.165, 1.54) is 31.0 Å². The number of rotatable bonds is 4. The molecule has 0 saturated heterocycles. The minimum Gasteiger partial charge on any atom is -0.465 e. The van der Waals surface area contributed by atoms with Crippen molar-refractivity contribution in [1.82, 2.24) is 14.8 Å². The fourth-order valence-corrected chi connectivity index (χ4v) is 2.41. The third-order valence-electron chi connectivity index (χ3n) is 2.50. The summed E-state index contributed by atoms with van der Waals surface area (Å²) in [7, 11) is 3.10. The summed E-state index contributed by atoms with van der Waals surface area (Å²) in [5, 5.41) is 8.41. The van der Waals surface area contributed by atoms with Crippen LogP contribution in [0.1, 0.15) is 15.9 Å². The first-order chi connectivity index (χ1) is 9.11. The van der Waals surface area contributed by atoms with Crippen LogP contribution in [0.15, 0.2) is 29.7 Å². The van der Waals surface area contributed by atoms with Gasteiger partial charge in [0, 0.05) is 12.8 Å². The van der Waals surface area contributed by atoms with Gasteiger partial charge in [-0.15, -0.1) is 10.2 Å². The molecule has 0 fully saturated rings. The van der Waals surface area contributed by atoms with E-state index >= 15 is 0 Å². The second-order valence-electron chi connectivity index (χ2n) is 3.81. The summed E-state index contributed by atoms with van der Waals surface area (Å²) < 4.78 is 19.6. The van der Waals surface area contributed by atoms with Gasteiger partial charge in [0.05, 0.1) is 12.7 Å². The van der Waals surface area contributed by atoms with Gasteiger partial charge in [0.25, 0.3) is 0 Å². The molecule has 100 valence electrons. The molecule has 0 aliphatic heterocycles. The quantitative estimate of drug-likeness (QED) is 0.634. The van der Waals surface area contributed by atoms with Crippen LogP contribution in [-0.2, 0) is 17.5 Å². The fraction of sp³-hybridized carbons (Fsp3) is 0.250. The number of esters is 1. The Morgan fingerprint density at radius 1 is 1.53 bits per heavy atom. The van der Waals surface area contributed by atoms with Crippen LogP contribution in [0.25, 0.3) is 0 Å². The Kier molecular flexibility index (Phi) is 4.16. The van der Waals surface area contributed by atoms with E-state index in [0.29, 0.717) is 11.3 Å². The Morgan fingerprint density at radius 2 is 2.32 bits per heavy atom. The fourth-order valence-electron chi connectivity index (χ4n) is 1.52. The van der Waals surface area contributed by atoms with Gasteiger partial charge in [-0.05, 0) is 17.7 Å². The van der Waals surface area contributed by atoms with Crippen LogP contribution in [0, 0.1) is 5.82 Å². The molecule has 2 aromatic rings. The Hall–Kier alpha value is -1.89. The van der Waals surface area contributed by atoms with Crippen molar-refractivity contribution in [2.24, 2.45) is 7.05 Å². The zero-order valence-corrected chi connectivity index (χ0v) is 11.3. The third kappa shape index (κ3) is 3.11. The largest absolute Gasteiger partial charge is 0.465 e. The van der Waals surface area contributed by atoms with Gasteiger partial charge in [-0.1, -0.05) is 17.8 Å². The van der Waals surface area contributed by atoms with Crippen molar-refractivity contribution < 1.29 is 13.9 Å². The van der Waals surface area contributed by atoms with Gasteiger partial charge in [0.15, 0.2) is 5.16 Å². The number of aryl methyl sites for hydroxylation is 1. The molecule has 0 unspecified atom stereocenters. The number of methoxy groups -OCH3 is 1. The van der Waals surface area contributed by atoms with Crippen molar-refractivity contribution in [2.45, 2.75) is 10.9 Å². The average Bonchev–Trinajstić information content (AvgIpc) is 2.82. The van der Waals surface area contributed by atoms with E-state index in [2.05, 4.69) is 14.9 Å². The topological polar surface area (TPSA) is 57.0 Å². The first-order valence-corrected chi connectivity index (χ1v) is 6.44. The zero-order valence-electron chi connectivity index (χ0n) is 10.5. The second kappa shape index (κ2) is 5.83. The highest BCUT2D eigenvalue weighted by molar-refractivity contribution is 7.98. The molecule has 1 heterocycles. The first kappa shape index (κ1) is 13.5. The van der Waals surface area contributed by atoms with Gasteiger partial charge in [0.2, 0.25) is 0 Å². The summed E-state index contributed by atoms with van der Waals surface area (Å²) in [4.78, 5) is 11.6. The number of nitrogens with zero attached hydrogens (tertiary/aromatic N) is 3. The van der Waals surface area contributed by atoms with E-state index in [4.69, 9.17) is 0 Å². The van der Waals surface area contributed by atoms with Gasteiger partial charge in [-0.3, -0.25) is 0 Å². The molecule has 0 saturated carbocycles. The van der Waals surface area contributed by atoms with Crippen molar-refractivity contribution in [3.05, 3.63) is 41.5 Å². The lowest BCUT2D eigenvalue weighted by atomic mass is 10.1. The van der Waals surface area contributed by atoms with Gasteiger partial charge >= 0.3 is 5.97 Å². The number of carbonyl (C=O) groups is 1. The molecule has 1 aromatic carbocycles. The molecule has 0 atom stereocenters. The Labute approximate surface area is 113 Å². The maximum absolute atomic E-state index is 13.2. The molecule has 7 heteroatoms. The lowest BCUT2D eigenvalue weighted by molar-refractivity contribution is 0.0599. The maximum Gasteiger partial charge on any atom is 0.338 e. The van der Waals surface area contributed by atoms with Crippen molar-refractivity contribution in [1.29, 1.82) is 0 Å². The molecule has 0 bridgehead atoms. The van der Waals surface area contributed by atoms with Gasteiger partial charge in [-0.2, -0.15) is 0 Å².